The SMILES string of the molecule is CC(C)(C)[Si](C)(C)OC[C@H](CO)COc1ccc(I)cc1. The van der Waals surface area contributed by atoms with E-state index in [9.17, 15) is 5.11 Å². The van der Waals surface area contributed by atoms with Crippen molar-refractivity contribution >= 4 is 30.9 Å². The lowest BCUT2D eigenvalue weighted by Gasteiger charge is -2.37. The minimum Gasteiger partial charge on any atom is -0.493 e. The van der Waals surface area contributed by atoms with E-state index >= 15 is 0 Å². The number of hydrogen-bond acceptors (Lipinski definition) is 3. The van der Waals surface area contributed by atoms with Gasteiger partial charge in [0, 0.05) is 16.1 Å². The summed E-state index contributed by atoms with van der Waals surface area (Å²) in [4.78, 5) is 0. The Kier molecular flexibility index (Phi) is 7.16. The Morgan fingerprint density at radius 1 is 1.14 bits per heavy atom. The second kappa shape index (κ2) is 7.94. The number of hydrogen-bond donors (Lipinski definition) is 1. The van der Waals surface area contributed by atoms with Gasteiger partial charge >= 0.3 is 0 Å². The van der Waals surface area contributed by atoms with Gasteiger partial charge in [0.25, 0.3) is 0 Å². The minimum atomic E-state index is -1.77. The summed E-state index contributed by atoms with van der Waals surface area (Å²) in [5, 5.41) is 9.69. The molecule has 0 aliphatic carbocycles. The quantitative estimate of drug-likeness (QED) is 0.526. The number of ether oxygens (including phenoxy) is 1. The molecule has 1 atom stereocenters. The van der Waals surface area contributed by atoms with Crippen molar-refractivity contribution in [2.45, 2.75) is 38.9 Å². The maximum atomic E-state index is 9.50. The van der Waals surface area contributed by atoms with Gasteiger partial charge in [-0.1, -0.05) is 20.8 Å². The molecule has 0 fully saturated rings. The van der Waals surface area contributed by atoms with E-state index in [-0.39, 0.29) is 17.6 Å². The highest BCUT2D eigenvalue weighted by Crippen LogP contribution is 2.36. The van der Waals surface area contributed by atoms with Crippen LogP contribution in [0.4, 0.5) is 0 Å². The molecule has 1 rings (SSSR count). The van der Waals surface area contributed by atoms with Crippen molar-refractivity contribution in [3.63, 3.8) is 0 Å². The zero-order chi connectivity index (χ0) is 16.1. The van der Waals surface area contributed by atoms with Gasteiger partial charge in [-0.05, 0) is 65.0 Å². The highest BCUT2D eigenvalue weighted by atomic mass is 127. The van der Waals surface area contributed by atoms with Gasteiger partial charge in [0.15, 0.2) is 8.32 Å². The molecule has 0 unspecified atom stereocenters. The first kappa shape index (κ1) is 18.9. The predicted molar refractivity (Wildman–Crippen MR) is 98.4 cm³/mol. The zero-order valence-corrected chi connectivity index (χ0v) is 16.8. The summed E-state index contributed by atoms with van der Waals surface area (Å²) in [7, 11) is -1.77. The van der Waals surface area contributed by atoms with E-state index < -0.39 is 8.32 Å². The van der Waals surface area contributed by atoms with Crippen LogP contribution in [-0.2, 0) is 4.43 Å². The summed E-state index contributed by atoms with van der Waals surface area (Å²) in [6, 6.07) is 7.92. The lowest BCUT2D eigenvalue weighted by atomic mass is 10.2. The Balaban J connectivity index is 2.47. The van der Waals surface area contributed by atoms with E-state index in [1.165, 1.54) is 3.57 Å². The average Bonchev–Trinajstić information content (AvgIpc) is 2.39. The Labute approximate surface area is 143 Å². The first-order chi connectivity index (χ1) is 9.65. The smallest absolute Gasteiger partial charge is 0.191 e. The van der Waals surface area contributed by atoms with E-state index in [2.05, 4.69) is 56.5 Å². The van der Waals surface area contributed by atoms with Crippen LogP contribution >= 0.6 is 22.6 Å². The van der Waals surface area contributed by atoms with Crippen LogP contribution in [0.3, 0.4) is 0 Å². The van der Waals surface area contributed by atoms with E-state index in [0.29, 0.717) is 13.2 Å². The molecule has 0 spiro atoms. The number of benzene rings is 1. The summed E-state index contributed by atoms with van der Waals surface area (Å²) in [6.07, 6.45) is 0. The standard InChI is InChI=1S/C16H27IO3Si/c1-16(2,3)21(4,5)20-12-13(10-18)11-19-15-8-6-14(17)7-9-15/h6-9,13,18H,10-12H2,1-5H3/t13-/m1/s1. The van der Waals surface area contributed by atoms with Gasteiger partial charge in [-0.15, -0.1) is 0 Å². The van der Waals surface area contributed by atoms with Crippen molar-refractivity contribution in [2.24, 2.45) is 5.92 Å². The van der Waals surface area contributed by atoms with Crippen LogP contribution < -0.4 is 4.74 Å². The van der Waals surface area contributed by atoms with E-state index in [0.717, 1.165) is 5.75 Å². The molecule has 1 N–H and O–H groups in total. The summed E-state index contributed by atoms with van der Waals surface area (Å²) < 4.78 is 13.1. The maximum absolute atomic E-state index is 9.50. The van der Waals surface area contributed by atoms with Gasteiger partial charge in [0.05, 0.1) is 13.2 Å². The van der Waals surface area contributed by atoms with Gasteiger partial charge in [-0.25, -0.2) is 0 Å². The molecule has 1 aromatic rings. The van der Waals surface area contributed by atoms with Crippen molar-refractivity contribution in [3.05, 3.63) is 27.8 Å². The van der Waals surface area contributed by atoms with Gasteiger partial charge in [0.2, 0.25) is 0 Å². The lowest BCUT2D eigenvalue weighted by Crippen LogP contribution is -2.42. The summed E-state index contributed by atoms with van der Waals surface area (Å²) >= 11 is 2.26. The topological polar surface area (TPSA) is 38.7 Å². The third kappa shape index (κ3) is 6.26. The van der Waals surface area contributed by atoms with Crippen LogP contribution in [0.15, 0.2) is 24.3 Å². The summed E-state index contributed by atoms with van der Waals surface area (Å²) in [5.74, 6) is 0.847. The average molecular weight is 422 g/mol. The second-order valence-electron chi connectivity index (χ2n) is 6.88. The second-order valence-corrected chi connectivity index (χ2v) is 12.9. The molecular weight excluding hydrogens is 395 g/mol. The predicted octanol–water partition coefficient (Wildman–Crippen LogP) is 4.30. The maximum Gasteiger partial charge on any atom is 0.191 e. The zero-order valence-electron chi connectivity index (χ0n) is 13.6. The molecule has 0 saturated carbocycles. The van der Waals surface area contributed by atoms with Crippen molar-refractivity contribution in [3.8, 4) is 5.75 Å². The molecule has 0 bridgehead atoms. The van der Waals surface area contributed by atoms with Crippen LogP contribution in [0.25, 0.3) is 0 Å². The normalized spacial score (nSPS) is 14.0. The van der Waals surface area contributed by atoms with Gasteiger partial charge in [0.1, 0.15) is 5.75 Å². The molecule has 3 nitrogen and oxygen atoms in total. The molecule has 0 amide bonds. The molecule has 0 saturated heterocycles. The highest BCUT2D eigenvalue weighted by Gasteiger charge is 2.37. The Hall–Kier alpha value is -0.113. The molecule has 1 aromatic carbocycles. The number of halogens is 1. The van der Waals surface area contributed by atoms with E-state index in [1.807, 2.05) is 24.3 Å². The van der Waals surface area contributed by atoms with E-state index in [4.69, 9.17) is 9.16 Å². The van der Waals surface area contributed by atoms with Crippen molar-refractivity contribution in [1.82, 2.24) is 0 Å². The summed E-state index contributed by atoms with van der Waals surface area (Å²) in [5.41, 5.74) is 0. The number of rotatable bonds is 7. The van der Waals surface area contributed by atoms with Crippen LogP contribution in [0, 0.1) is 9.49 Å². The van der Waals surface area contributed by atoms with Gasteiger partial charge < -0.3 is 14.3 Å². The monoisotopic (exact) mass is 422 g/mol. The first-order valence-corrected chi connectivity index (χ1v) is 11.3. The number of aliphatic hydroxyl groups is 1. The molecule has 0 radical (unpaired) electrons. The van der Waals surface area contributed by atoms with Crippen molar-refractivity contribution in [1.29, 1.82) is 0 Å². The fourth-order valence-electron chi connectivity index (χ4n) is 1.44. The van der Waals surface area contributed by atoms with Crippen LogP contribution in [0.2, 0.25) is 18.1 Å². The van der Waals surface area contributed by atoms with Gasteiger partial charge in [-0.2, -0.15) is 0 Å². The summed E-state index contributed by atoms with van der Waals surface area (Å²) in [6.45, 7) is 12.2. The van der Waals surface area contributed by atoms with Crippen LogP contribution in [0.1, 0.15) is 20.8 Å². The molecule has 5 heteroatoms. The fourth-order valence-corrected chi connectivity index (χ4v) is 2.89. The Bertz CT molecular complexity index is 426. The van der Waals surface area contributed by atoms with Crippen LogP contribution in [-0.4, -0.2) is 33.2 Å². The molecule has 0 aliphatic rings. The molecule has 120 valence electrons. The Morgan fingerprint density at radius 2 is 1.71 bits per heavy atom. The number of aliphatic hydroxyl groups excluding tert-OH is 1. The van der Waals surface area contributed by atoms with E-state index in [1.54, 1.807) is 0 Å². The van der Waals surface area contributed by atoms with Gasteiger partial charge in [-0.3, -0.25) is 0 Å². The minimum absolute atomic E-state index is 0.0124. The lowest BCUT2D eigenvalue weighted by molar-refractivity contribution is 0.110. The van der Waals surface area contributed by atoms with Crippen molar-refractivity contribution in [2.75, 3.05) is 19.8 Å². The fraction of sp³-hybridized carbons (Fsp3) is 0.625. The van der Waals surface area contributed by atoms with Crippen molar-refractivity contribution < 1.29 is 14.3 Å². The highest BCUT2D eigenvalue weighted by molar-refractivity contribution is 14.1. The van der Waals surface area contributed by atoms with Crippen LogP contribution in [0.5, 0.6) is 5.75 Å². The third-order valence-electron chi connectivity index (χ3n) is 4.04. The molecule has 0 heterocycles. The molecule has 0 aliphatic heterocycles. The molecule has 0 aromatic heterocycles. The third-order valence-corrected chi connectivity index (χ3v) is 9.26. The molecular formula is C16H27IO3Si. The molecule has 21 heavy (non-hydrogen) atoms. The first-order valence-electron chi connectivity index (χ1n) is 7.29. The largest absolute Gasteiger partial charge is 0.493 e. The Morgan fingerprint density at radius 3 is 2.19 bits per heavy atom.